The first-order valence-electron chi connectivity index (χ1n) is 8.22. The third kappa shape index (κ3) is 2.83. The Morgan fingerprint density at radius 3 is 3.17 bits per heavy atom. The summed E-state index contributed by atoms with van der Waals surface area (Å²) in [5.74, 6) is 0.153. The number of primary amides is 1. The lowest BCUT2D eigenvalue weighted by Crippen LogP contribution is -2.31. The van der Waals surface area contributed by atoms with E-state index in [1.54, 1.807) is 17.5 Å². The van der Waals surface area contributed by atoms with Crippen molar-refractivity contribution in [3.8, 4) is 0 Å². The smallest absolute Gasteiger partial charge is 0.252 e. The minimum Gasteiger partial charge on any atom is -0.365 e. The second kappa shape index (κ2) is 6.37. The van der Waals surface area contributed by atoms with Gasteiger partial charge in [0.15, 0.2) is 0 Å². The number of rotatable bonds is 5. The Morgan fingerprint density at radius 1 is 1.42 bits per heavy atom. The van der Waals surface area contributed by atoms with Gasteiger partial charge in [0.1, 0.15) is 0 Å². The fraction of sp³-hybridized carbons (Fsp3) is 0.333. The van der Waals surface area contributed by atoms with Crippen molar-refractivity contribution in [1.29, 1.82) is 0 Å². The summed E-state index contributed by atoms with van der Waals surface area (Å²) in [4.78, 5) is 11.4. The number of nitrogens with two attached hydrogens (primary N) is 1. The van der Waals surface area contributed by atoms with Gasteiger partial charge in [-0.1, -0.05) is 18.2 Å². The van der Waals surface area contributed by atoms with Crippen LogP contribution in [0.4, 0.5) is 0 Å². The maximum atomic E-state index is 11.4. The number of carbonyl (C=O) groups excluding carboxylic acids is 1. The van der Waals surface area contributed by atoms with Crippen LogP contribution >= 0.6 is 11.3 Å². The minimum absolute atomic E-state index is 0.378. The molecule has 124 valence electrons. The molecule has 0 aliphatic carbocycles. The standard InChI is InChI=1S/C18H20N4OS/c19-18(23)15-9-21-22-10-12(5-6-16(15)22)7-20-8-13-11-24-17-4-2-1-3-14(13)17/h1-4,9,11-12,20H,5-8,10H2,(H2,19,23). The number of hydrogen-bond acceptors (Lipinski definition) is 4. The molecule has 1 unspecified atom stereocenters. The van der Waals surface area contributed by atoms with Gasteiger partial charge in [0.2, 0.25) is 0 Å². The molecule has 0 saturated carbocycles. The Labute approximate surface area is 144 Å². The molecular weight excluding hydrogens is 320 g/mol. The third-order valence-electron chi connectivity index (χ3n) is 4.74. The van der Waals surface area contributed by atoms with Crippen molar-refractivity contribution < 1.29 is 4.79 Å². The lowest BCUT2D eigenvalue weighted by atomic mass is 9.96. The summed E-state index contributed by atoms with van der Waals surface area (Å²) in [7, 11) is 0. The molecule has 2 aromatic heterocycles. The monoisotopic (exact) mass is 340 g/mol. The molecule has 1 amide bonds. The Morgan fingerprint density at radius 2 is 2.29 bits per heavy atom. The van der Waals surface area contributed by atoms with Gasteiger partial charge in [0.05, 0.1) is 17.5 Å². The van der Waals surface area contributed by atoms with Gasteiger partial charge in [-0.2, -0.15) is 5.10 Å². The lowest BCUT2D eigenvalue weighted by molar-refractivity contribution is 0.0998. The van der Waals surface area contributed by atoms with Crippen molar-refractivity contribution in [2.45, 2.75) is 25.9 Å². The van der Waals surface area contributed by atoms with Gasteiger partial charge in [-0.15, -0.1) is 11.3 Å². The van der Waals surface area contributed by atoms with Crippen molar-refractivity contribution in [2.75, 3.05) is 6.54 Å². The highest BCUT2D eigenvalue weighted by molar-refractivity contribution is 7.17. The van der Waals surface area contributed by atoms with E-state index in [0.29, 0.717) is 11.5 Å². The molecule has 0 bridgehead atoms. The zero-order valence-electron chi connectivity index (χ0n) is 13.4. The average molecular weight is 340 g/mol. The van der Waals surface area contributed by atoms with Crippen LogP contribution in [0.25, 0.3) is 10.1 Å². The van der Waals surface area contributed by atoms with Crippen LogP contribution in [0.3, 0.4) is 0 Å². The number of thiophene rings is 1. The molecule has 0 saturated heterocycles. The fourth-order valence-electron chi connectivity index (χ4n) is 3.46. The summed E-state index contributed by atoms with van der Waals surface area (Å²) in [6.07, 6.45) is 3.53. The molecular formula is C18H20N4OS. The van der Waals surface area contributed by atoms with Crippen LogP contribution in [0.1, 0.15) is 28.0 Å². The van der Waals surface area contributed by atoms with Crippen molar-refractivity contribution >= 4 is 27.3 Å². The van der Waals surface area contributed by atoms with Crippen molar-refractivity contribution in [3.05, 3.63) is 52.7 Å². The maximum absolute atomic E-state index is 11.4. The zero-order chi connectivity index (χ0) is 16.5. The molecule has 24 heavy (non-hydrogen) atoms. The van der Waals surface area contributed by atoms with E-state index >= 15 is 0 Å². The molecule has 1 aromatic carbocycles. The highest BCUT2D eigenvalue weighted by Gasteiger charge is 2.23. The van der Waals surface area contributed by atoms with E-state index < -0.39 is 0 Å². The molecule has 1 aliphatic heterocycles. The summed E-state index contributed by atoms with van der Waals surface area (Å²) in [5, 5.41) is 11.5. The van der Waals surface area contributed by atoms with Gasteiger partial charge in [-0.05, 0) is 41.2 Å². The molecule has 0 spiro atoms. The molecule has 0 fully saturated rings. The van der Waals surface area contributed by atoms with Crippen LogP contribution in [0.5, 0.6) is 0 Å². The minimum atomic E-state index is -0.378. The topological polar surface area (TPSA) is 72.9 Å². The molecule has 6 heteroatoms. The van der Waals surface area contributed by atoms with E-state index in [1.165, 1.54) is 15.6 Å². The van der Waals surface area contributed by atoms with Gasteiger partial charge < -0.3 is 11.1 Å². The summed E-state index contributed by atoms with van der Waals surface area (Å²) >= 11 is 1.80. The summed E-state index contributed by atoms with van der Waals surface area (Å²) in [5.41, 5.74) is 8.32. The third-order valence-corrected chi connectivity index (χ3v) is 5.76. The lowest BCUT2D eigenvalue weighted by Gasteiger charge is -2.24. The fourth-order valence-corrected chi connectivity index (χ4v) is 4.42. The largest absolute Gasteiger partial charge is 0.365 e. The number of amides is 1. The average Bonchev–Trinajstić information content (AvgIpc) is 3.19. The Hall–Kier alpha value is -2.18. The highest BCUT2D eigenvalue weighted by atomic mass is 32.1. The summed E-state index contributed by atoms with van der Waals surface area (Å²) in [6, 6.07) is 8.53. The number of hydrogen-bond donors (Lipinski definition) is 2. The second-order valence-electron chi connectivity index (χ2n) is 6.34. The molecule has 1 atom stereocenters. The van der Waals surface area contributed by atoms with Gasteiger partial charge in [0, 0.05) is 24.3 Å². The zero-order valence-corrected chi connectivity index (χ0v) is 14.2. The molecule has 5 nitrogen and oxygen atoms in total. The van der Waals surface area contributed by atoms with E-state index in [4.69, 9.17) is 5.73 Å². The normalized spacial score (nSPS) is 17.1. The molecule has 0 radical (unpaired) electrons. The van der Waals surface area contributed by atoms with Gasteiger partial charge in [-0.3, -0.25) is 9.48 Å². The van der Waals surface area contributed by atoms with E-state index in [9.17, 15) is 4.79 Å². The molecule has 3 N–H and O–H groups in total. The predicted octanol–water partition coefficient (Wildman–Crippen LogP) is 2.55. The van der Waals surface area contributed by atoms with E-state index in [1.807, 2.05) is 4.68 Å². The van der Waals surface area contributed by atoms with Crippen LogP contribution in [0.2, 0.25) is 0 Å². The summed E-state index contributed by atoms with van der Waals surface area (Å²) < 4.78 is 3.28. The van der Waals surface area contributed by atoms with Crippen molar-refractivity contribution in [1.82, 2.24) is 15.1 Å². The number of aromatic nitrogens is 2. The van der Waals surface area contributed by atoms with Gasteiger partial charge in [-0.25, -0.2) is 0 Å². The van der Waals surface area contributed by atoms with Crippen molar-refractivity contribution in [3.63, 3.8) is 0 Å². The Kier molecular flexibility index (Phi) is 4.08. The van der Waals surface area contributed by atoms with Crippen LogP contribution in [0.15, 0.2) is 35.8 Å². The SMILES string of the molecule is NC(=O)c1cnn2c1CCC(CNCc1csc3ccccc13)C2. The number of nitrogens with zero attached hydrogens (tertiary/aromatic N) is 2. The first kappa shape index (κ1) is 15.4. The molecule has 3 heterocycles. The molecule has 4 rings (SSSR count). The number of fused-ring (bicyclic) bond motifs is 2. The van der Waals surface area contributed by atoms with Crippen LogP contribution in [-0.2, 0) is 19.5 Å². The van der Waals surface area contributed by atoms with Gasteiger partial charge in [0.25, 0.3) is 5.91 Å². The highest BCUT2D eigenvalue weighted by Crippen LogP contribution is 2.26. The van der Waals surface area contributed by atoms with E-state index in [0.717, 1.165) is 38.2 Å². The first-order chi connectivity index (χ1) is 11.7. The molecule has 1 aliphatic rings. The van der Waals surface area contributed by atoms with Gasteiger partial charge >= 0.3 is 0 Å². The van der Waals surface area contributed by atoms with E-state index in [-0.39, 0.29) is 5.91 Å². The van der Waals surface area contributed by atoms with Crippen LogP contribution in [-0.4, -0.2) is 22.2 Å². The summed E-state index contributed by atoms with van der Waals surface area (Å²) in [6.45, 7) is 2.69. The first-order valence-corrected chi connectivity index (χ1v) is 9.10. The second-order valence-corrected chi connectivity index (χ2v) is 7.26. The maximum Gasteiger partial charge on any atom is 0.252 e. The molecule has 3 aromatic rings. The van der Waals surface area contributed by atoms with Crippen LogP contribution < -0.4 is 11.1 Å². The predicted molar refractivity (Wildman–Crippen MR) is 96.1 cm³/mol. The number of carbonyl (C=O) groups is 1. The van der Waals surface area contributed by atoms with Crippen molar-refractivity contribution in [2.24, 2.45) is 11.7 Å². The number of benzene rings is 1. The Bertz CT molecular complexity index is 882. The quantitative estimate of drug-likeness (QED) is 0.750. The Balaban J connectivity index is 1.36. The number of nitrogens with one attached hydrogen (secondary N) is 1. The van der Waals surface area contributed by atoms with E-state index in [2.05, 4.69) is 40.1 Å². The van der Waals surface area contributed by atoms with Crippen LogP contribution in [0, 0.1) is 5.92 Å².